The van der Waals surface area contributed by atoms with E-state index in [-0.39, 0.29) is 0 Å². The van der Waals surface area contributed by atoms with Gasteiger partial charge in [-0.25, -0.2) is 0 Å². The summed E-state index contributed by atoms with van der Waals surface area (Å²) in [5, 5.41) is 11.4. The fourth-order valence-electron chi connectivity index (χ4n) is 3.42. The number of nitrogens with zero attached hydrogens (tertiary/aromatic N) is 2. The zero-order chi connectivity index (χ0) is 20.4. The van der Waals surface area contributed by atoms with Gasteiger partial charge in [0, 0.05) is 11.1 Å². The molecule has 0 atom stereocenters. The Bertz CT molecular complexity index is 1130. The molecule has 0 saturated carbocycles. The van der Waals surface area contributed by atoms with Crippen molar-refractivity contribution in [2.24, 2.45) is 0 Å². The topological polar surface area (TPSA) is 60.0 Å². The van der Waals surface area contributed by atoms with Gasteiger partial charge in [-0.2, -0.15) is 0 Å². The molecule has 146 valence electrons. The minimum Gasteiger partial charge on any atom is -0.497 e. The van der Waals surface area contributed by atoms with Crippen LogP contribution in [0.15, 0.2) is 60.7 Å². The highest BCUT2D eigenvalue weighted by Gasteiger charge is 2.15. The first-order chi connectivity index (χ1) is 14.1. The van der Waals surface area contributed by atoms with E-state index in [9.17, 15) is 0 Å². The highest BCUT2D eigenvalue weighted by molar-refractivity contribution is 5.80. The number of H-pyrrole nitrogens is 1. The summed E-state index contributed by atoms with van der Waals surface area (Å²) in [6.45, 7) is 4.13. The van der Waals surface area contributed by atoms with Gasteiger partial charge >= 0.3 is 0 Å². The van der Waals surface area contributed by atoms with Crippen molar-refractivity contribution in [2.45, 2.75) is 13.8 Å². The molecule has 0 saturated heterocycles. The molecule has 0 amide bonds. The molecule has 4 rings (SSSR count). The molecule has 4 aromatic rings. The summed E-state index contributed by atoms with van der Waals surface area (Å²) in [5.41, 5.74) is 8.26. The Hall–Kier alpha value is -3.60. The first-order valence-corrected chi connectivity index (χ1v) is 9.42. The van der Waals surface area contributed by atoms with Crippen molar-refractivity contribution in [1.29, 1.82) is 0 Å². The summed E-state index contributed by atoms with van der Waals surface area (Å²) in [6.07, 6.45) is 0. The Morgan fingerprint density at radius 1 is 0.724 bits per heavy atom. The molecule has 0 aliphatic heterocycles. The van der Waals surface area contributed by atoms with E-state index >= 15 is 0 Å². The van der Waals surface area contributed by atoms with Crippen molar-refractivity contribution in [3.8, 4) is 45.1 Å². The van der Waals surface area contributed by atoms with Crippen molar-refractivity contribution >= 4 is 0 Å². The van der Waals surface area contributed by atoms with Crippen LogP contribution in [0.4, 0.5) is 0 Å². The number of benzene rings is 3. The number of hydrogen-bond acceptors (Lipinski definition) is 4. The molecule has 5 nitrogen and oxygen atoms in total. The molecule has 1 heterocycles. The minimum atomic E-state index is 0.809. The summed E-state index contributed by atoms with van der Waals surface area (Å²) in [4.78, 5) is 0. The van der Waals surface area contributed by atoms with E-state index in [1.54, 1.807) is 14.2 Å². The highest BCUT2D eigenvalue weighted by atomic mass is 16.5. The molecule has 0 radical (unpaired) electrons. The first-order valence-electron chi connectivity index (χ1n) is 9.42. The fourth-order valence-corrected chi connectivity index (χ4v) is 3.42. The van der Waals surface area contributed by atoms with E-state index < -0.39 is 0 Å². The molecular weight excluding hydrogens is 362 g/mol. The van der Waals surface area contributed by atoms with Gasteiger partial charge in [-0.3, -0.25) is 5.10 Å². The fraction of sp³-hybridized carbons (Fsp3) is 0.167. The number of hydrogen-bond donors (Lipinski definition) is 1. The van der Waals surface area contributed by atoms with Crippen LogP contribution in [0, 0.1) is 13.8 Å². The van der Waals surface area contributed by atoms with Crippen molar-refractivity contribution in [3.05, 3.63) is 71.8 Å². The van der Waals surface area contributed by atoms with E-state index in [4.69, 9.17) is 9.47 Å². The predicted molar refractivity (Wildman–Crippen MR) is 115 cm³/mol. The van der Waals surface area contributed by atoms with Crippen LogP contribution in [0.3, 0.4) is 0 Å². The molecule has 0 aliphatic carbocycles. The zero-order valence-electron chi connectivity index (χ0n) is 17.0. The normalized spacial score (nSPS) is 10.8. The maximum atomic E-state index is 5.52. The number of nitrogens with one attached hydrogen (secondary N) is 1. The third kappa shape index (κ3) is 3.59. The van der Waals surface area contributed by atoms with Crippen LogP contribution in [0.5, 0.6) is 11.5 Å². The third-order valence-electron chi connectivity index (χ3n) is 5.26. The monoisotopic (exact) mass is 385 g/mol. The molecule has 0 aliphatic rings. The second-order valence-electron chi connectivity index (χ2n) is 6.96. The molecule has 0 unspecified atom stereocenters. The van der Waals surface area contributed by atoms with Crippen molar-refractivity contribution in [1.82, 2.24) is 15.4 Å². The summed E-state index contributed by atoms with van der Waals surface area (Å²) >= 11 is 0. The maximum absolute atomic E-state index is 5.52. The Labute approximate surface area is 170 Å². The second-order valence-corrected chi connectivity index (χ2v) is 6.96. The first kappa shape index (κ1) is 18.7. The van der Waals surface area contributed by atoms with Crippen LogP contribution in [-0.2, 0) is 0 Å². The lowest BCUT2D eigenvalue weighted by Gasteiger charge is -2.11. The van der Waals surface area contributed by atoms with Crippen LogP contribution in [-0.4, -0.2) is 29.6 Å². The van der Waals surface area contributed by atoms with Gasteiger partial charge in [-0.1, -0.05) is 41.6 Å². The molecule has 0 spiro atoms. The quantitative estimate of drug-likeness (QED) is 0.497. The Morgan fingerprint density at radius 3 is 1.97 bits per heavy atom. The van der Waals surface area contributed by atoms with Crippen molar-refractivity contribution < 1.29 is 9.47 Å². The van der Waals surface area contributed by atoms with Crippen molar-refractivity contribution in [3.63, 3.8) is 0 Å². The number of ether oxygens (including phenoxy) is 2. The molecular formula is C24H23N3O2. The maximum Gasteiger partial charge on any atom is 0.122 e. The van der Waals surface area contributed by atoms with Gasteiger partial charge in [0.05, 0.1) is 19.9 Å². The Morgan fingerprint density at radius 2 is 1.34 bits per heavy atom. The van der Waals surface area contributed by atoms with Gasteiger partial charge in [-0.05, 0) is 60.4 Å². The lowest BCUT2D eigenvalue weighted by atomic mass is 9.98. The van der Waals surface area contributed by atoms with E-state index in [0.29, 0.717) is 0 Å². The number of aromatic amines is 1. The molecule has 5 heteroatoms. The lowest BCUT2D eigenvalue weighted by molar-refractivity contribution is 0.411. The molecule has 0 fully saturated rings. The predicted octanol–water partition coefficient (Wildman–Crippen LogP) is 5.44. The lowest BCUT2D eigenvalue weighted by Crippen LogP contribution is -1.93. The van der Waals surface area contributed by atoms with Gasteiger partial charge in [0.15, 0.2) is 0 Å². The van der Waals surface area contributed by atoms with E-state index in [0.717, 1.165) is 56.3 Å². The molecule has 29 heavy (non-hydrogen) atoms. The second kappa shape index (κ2) is 7.80. The Kier molecular flexibility index (Phi) is 5.04. The zero-order valence-corrected chi connectivity index (χ0v) is 17.0. The van der Waals surface area contributed by atoms with Crippen LogP contribution >= 0.6 is 0 Å². The summed E-state index contributed by atoms with van der Waals surface area (Å²) in [7, 11) is 3.36. The minimum absolute atomic E-state index is 0.809. The number of methoxy groups -OCH3 is 2. The SMILES string of the molecule is COc1ccc(-c2ccc(-c3[nH]nnc3-c3cc(C)c(C)c(OC)c3)cc2)cc1. The van der Waals surface area contributed by atoms with E-state index in [1.165, 1.54) is 0 Å². The van der Waals surface area contributed by atoms with E-state index in [1.807, 2.05) is 18.2 Å². The van der Waals surface area contributed by atoms with Crippen LogP contribution in [0.1, 0.15) is 11.1 Å². The van der Waals surface area contributed by atoms with Crippen LogP contribution in [0.2, 0.25) is 0 Å². The number of aryl methyl sites for hydroxylation is 1. The molecule has 3 aromatic carbocycles. The summed E-state index contributed by atoms with van der Waals surface area (Å²) < 4.78 is 10.8. The smallest absolute Gasteiger partial charge is 0.122 e. The van der Waals surface area contributed by atoms with Crippen LogP contribution < -0.4 is 9.47 Å². The van der Waals surface area contributed by atoms with Gasteiger partial charge < -0.3 is 9.47 Å². The van der Waals surface area contributed by atoms with E-state index in [2.05, 4.69) is 71.7 Å². The molecule has 1 aromatic heterocycles. The largest absolute Gasteiger partial charge is 0.497 e. The van der Waals surface area contributed by atoms with Crippen LogP contribution in [0.25, 0.3) is 33.6 Å². The number of aromatic nitrogens is 3. The average molecular weight is 385 g/mol. The molecule has 1 N–H and O–H groups in total. The summed E-state index contributed by atoms with van der Waals surface area (Å²) in [6, 6.07) is 20.5. The molecule has 0 bridgehead atoms. The standard InChI is InChI=1S/C24H23N3O2/c1-15-13-20(14-22(29-4)16(15)2)24-23(25-27-26-24)19-7-5-17(6-8-19)18-9-11-21(28-3)12-10-18/h5-14H,1-4H3,(H,25,26,27). The highest BCUT2D eigenvalue weighted by Crippen LogP contribution is 2.34. The van der Waals surface area contributed by atoms with Gasteiger partial charge in [0.25, 0.3) is 0 Å². The van der Waals surface area contributed by atoms with Gasteiger partial charge in [0.1, 0.15) is 17.2 Å². The average Bonchev–Trinajstić information content (AvgIpc) is 3.26. The van der Waals surface area contributed by atoms with Gasteiger partial charge in [0.2, 0.25) is 0 Å². The van der Waals surface area contributed by atoms with Crippen molar-refractivity contribution in [2.75, 3.05) is 14.2 Å². The number of rotatable bonds is 5. The summed E-state index contributed by atoms with van der Waals surface area (Å²) in [5.74, 6) is 1.70. The third-order valence-corrected chi connectivity index (χ3v) is 5.26. The van der Waals surface area contributed by atoms with Gasteiger partial charge in [-0.15, -0.1) is 5.10 Å². The Balaban J connectivity index is 1.69.